The molecule has 2 N–H and O–H groups in total. The first-order valence-electron chi connectivity index (χ1n) is 8.06. The highest BCUT2D eigenvalue weighted by molar-refractivity contribution is 7.80. The van der Waals surface area contributed by atoms with Gasteiger partial charge in [-0.25, -0.2) is 4.98 Å². The van der Waals surface area contributed by atoms with E-state index >= 15 is 0 Å². The van der Waals surface area contributed by atoms with Gasteiger partial charge in [0.25, 0.3) is 0 Å². The Labute approximate surface area is 150 Å². The molecule has 2 rings (SSSR count). The minimum atomic E-state index is -4.56. The fourth-order valence-electron chi connectivity index (χ4n) is 2.96. The summed E-state index contributed by atoms with van der Waals surface area (Å²) in [6.45, 7) is 9.43. The Hall–Kier alpha value is -1.90. The van der Waals surface area contributed by atoms with Crippen molar-refractivity contribution in [2.75, 3.05) is 29.9 Å². The second kappa shape index (κ2) is 7.99. The first-order valence-corrected chi connectivity index (χ1v) is 8.46. The Morgan fingerprint density at radius 2 is 2.00 bits per heavy atom. The molecule has 0 aromatic carbocycles. The van der Waals surface area contributed by atoms with E-state index in [0.717, 1.165) is 12.5 Å². The molecule has 1 fully saturated rings. The number of nitrogens with zero attached hydrogens (tertiary/aromatic N) is 3. The summed E-state index contributed by atoms with van der Waals surface area (Å²) in [7, 11) is 0. The van der Waals surface area contributed by atoms with Gasteiger partial charge in [0.2, 0.25) is 5.95 Å². The molecular formula is C16H22F3N5S. The first-order chi connectivity index (χ1) is 11.7. The quantitative estimate of drug-likeness (QED) is 0.623. The minimum absolute atomic E-state index is 0.144. The molecule has 0 radical (unpaired) electrons. The average molecular weight is 373 g/mol. The molecular weight excluding hydrogens is 351 g/mol. The van der Waals surface area contributed by atoms with Crippen LogP contribution in [0, 0.1) is 11.8 Å². The van der Waals surface area contributed by atoms with Crippen molar-refractivity contribution in [1.82, 2.24) is 15.3 Å². The summed E-state index contributed by atoms with van der Waals surface area (Å²) < 4.78 is 39.6. The minimum Gasteiger partial charge on any atom is -0.359 e. The number of thiocarbonyl (C=S) groups is 1. The predicted molar refractivity (Wildman–Crippen MR) is 96.6 cm³/mol. The summed E-state index contributed by atoms with van der Waals surface area (Å²) in [5, 5.41) is 5.54. The van der Waals surface area contributed by atoms with Crippen LogP contribution in [0.2, 0.25) is 0 Å². The van der Waals surface area contributed by atoms with Crippen LogP contribution in [-0.2, 0) is 6.18 Å². The molecule has 5 nitrogen and oxygen atoms in total. The van der Waals surface area contributed by atoms with Crippen LogP contribution in [-0.4, -0.2) is 34.7 Å². The van der Waals surface area contributed by atoms with Crippen molar-refractivity contribution < 1.29 is 13.2 Å². The van der Waals surface area contributed by atoms with Crippen molar-refractivity contribution in [2.24, 2.45) is 11.8 Å². The summed E-state index contributed by atoms with van der Waals surface area (Å²) in [6.07, 6.45) is -1.92. The highest BCUT2D eigenvalue weighted by Gasteiger charge is 2.35. The summed E-state index contributed by atoms with van der Waals surface area (Å²) in [6, 6.07) is 0.996. The predicted octanol–water partition coefficient (Wildman–Crippen LogP) is 3.45. The molecule has 1 aromatic rings. The monoisotopic (exact) mass is 373 g/mol. The summed E-state index contributed by atoms with van der Waals surface area (Å²) in [4.78, 5) is 9.67. The molecule has 9 heteroatoms. The summed E-state index contributed by atoms with van der Waals surface area (Å²) in [5.74, 6) is 0.867. The second-order valence-corrected chi connectivity index (χ2v) is 6.82. The van der Waals surface area contributed by atoms with Crippen molar-refractivity contribution in [1.29, 1.82) is 0 Å². The molecule has 0 bridgehead atoms. The first kappa shape index (κ1) is 19.4. The van der Waals surface area contributed by atoms with E-state index < -0.39 is 11.9 Å². The molecule has 25 heavy (non-hydrogen) atoms. The highest BCUT2D eigenvalue weighted by Crippen LogP contribution is 2.32. The van der Waals surface area contributed by atoms with Gasteiger partial charge in [0, 0.05) is 25.7 Å². The third-order valence-corrected chi connectivity index (χ3v) is 4.07. The Morgan fingerprint density at radius 3 is 2.56 bits per heavy atom. The van der Waals surface area contributed by atoms with Gasteiger partial charge in [-0.15, -0.1) is 6.58 Å². The van der Waals surface area contributed by atoms with Crippen molar-refractivity contribution >= 4 is 29.1 Å². The lowest BCUT2D eigenvalue weighted by molar-refractivity contribution is -0.141. The molecule has 0 aliphatic carbocycles. The van der Waals surface area contributed by atoms with E-state index in [-0.39, 0.29) is 16.9 Å². The maximum Gasteiger partial charge on any atom is 0.433 e. The largest absolute Gasteiger partial charge is 0.433 e. The number of hydrogen-bond donors (Lipinski definition) is 2. The molecule has 1 aliphatic heterocycles. The molecule has 1 aliphatic rings. The molecule has 1 aromatic heterocycles. The van der Waals surface area contributed by atoms with E-state index in [1.165, 1.54) is 0 Å². The smallest absolute Gasteiger partial charge is 0.359 e. The summed E-state index contributed by atoms with van der Waals surface area (Å²) in [5.41, 5.74) is -0.989. The van der Waals surface area contributed by atoms with Gasteiger partial charge < -0.3 is 15.5 Å². The molecule has 2 atom stereocenters. The van der Waals surface area contributed by atoms with Crippen LogP contribution in [0.4, 0.5) is 24.9 Å². The number of aromatic nitrogens is 2. The number of alkyl halides is 3. The lowest BCUT2D eigenvalue weighted by atomic mass is 9.92. The molecule has 0 spiro atoms. The number of piperidine rings is 1. The topological polar surface area (TPSA) is 53.1 Å². The number of halogens is 3. The highest BCUT2D eigenvalue weighted by atomic mass is 32.1. The fourth-order valence-corrected chi connectivity index (χ4v) is 3.13. The Kier molecular flexibility index (Phi) is 6.21. The third-order valence-electron chi connectivity index (χ3n) is 3.83. The zero-order valence-electron chi connectivity index (χ0n) is 14.2. The van der Waals surface area contributed by atoms with E-state index in [9.17, 15) is 13.2 Å². The number of anilines is 2. The SMILES string of the molecule is C=CCNC(=S)Nc1nc(N2C[C@H](C)C[C@H](C)C2)cc(C(F)(F)F)n1. The maximum absolute atomic E-state index is 13.2. The molecule has 2 heterocycles. The Morgan fingerprint density at radius 1 is 1.36 bits per heavy atom. The normalized spacial score (nSPS) is 20.9. The Balaban J connectivity index is 2.30. The van der Waals surface area contributed by atoms with Gasteiger partial charge in [-0.3, -0.25) is 0 Å². The van der Waals surface area contributed by atoms with Gasteiger partial charge >= 0.3 is 6.18 Å². The molecule has 0 saturated carbocycles. The second-order valence-electron chi connectivity index (χ2n) is 6.41. The molecule has 0 amide bonds. The van der Waals surface area contributed by atoms with E-state index in [1.54, 1.807) is 6.08 Å². The number of nitrogens with one attached hydrogen (secondary N) is 2. The summed E-state index contributed by atoms with van der Waals surface area (Å²) >= 11 is 5.03. The fraction of sp³-hybridized carbons (Fsp3) is 0.562. The van der Waals surface area contributed by atoms with Gasteiger partial charge in [-0.05, 0) is 30.5 Å². The molecule has 0 unspecified atom stereocenters. The van der Waals surface area contributed by atoms with E-state index in [0.29, 0.717) is 31.5 Å². The van der Waals surface area contributed by atoms with E-state index in [2.05, 4.69) is 41.0 Å². The lowest BCUT2D eigenvalue weighted by Crippen LogP contribution is -2.39. The third kappa shape index (κ3) is 5.55. The van der Waals surface area contributed by atoms with Crippen molar-refractivity contribution in [3.05, 3.63) is 24.4 Å². The van der Waals surface area contributed by atoms with Gasteiger partial charge in [0.15, 0.2) is 10.8 Å². The Bertz CT molecular complexity index is 625. The van der Waals surface area contributed by atoms with Crippen molar-refractivity contribution in [2.45, 2.75) is 26.4 Å². The zero-order valence-corrected chi connectivity index (χ0v) is 15.0. The van der Waals surface area contributed by atoms with Gasteiger partial charge in [0.05, 0.1) is 0 Å². The van der Waals surface area contributed by atoms with Crippen LogP contribution in [0.1, 0.15) is 26.0 Å². The van der Waals surface area contributed by atoms with Crippen LogP contribution in [0.25, 0.3) is 0 Å². The van der Waals surface area contributed by atoms with E-state index in [4.69, 9.17) is 12.2 Å². The van der Waals surface area contributed by atoms with Crippen LogP contribution in [0.5, 0.6) is 0 Å². The molecule has 138 valence electrons. The van der Waals surface area contributed by atoms with Crippen LogP contribution in [0.15, 0.2) is 18.7 Å². The van der Waals surface area contributed by atoms with Crippen LogP contribution >= 0.6 is 12.2 Å². The van der Waals surface area contributed by atoms with Crippen LogP contribution < -0.4 is 15.5 Å². The standard InChI is InChI=1S/C16H22F3N5S/c1-4-5-20-15(25)23-14-21-12(16(17,18)19)7-13(22-14)24-8-10(2)6-11(3)9-24/h4,7,10-11H,1,5-6,8-9H2,2-3H3,(H2,20,21,22,23,25)/t10-,11+. The molecule has 1 saturated heterocycles. The van der Waals surface area contributed by atoms with Crippen molar-refractivity contribution in [3.8, 4) is 0 Å². The average Bonchev–Trinajstić information content (AvgIpc) is 2.51. The van der Waals surface area contributed by atoms with Gasteiger partial charge in [-0.2, -0.15) is 18.2 Å². The number of hydrogen-bond acceptors (Lipinski definition) is 4. The van der Waals surface area contributed by atoms with Gasteiger partial charge in [-0.1, -0.05) is 19.9 Å². The zero-order chi connectivity index (χ0) is 18.6. The van der Waals surface area contributed by atoms with Crippen LogP contribution in [0.3, 0.4) is 0 Å². The number of rotatable bonds is 4. The lowest BCUT2D eigenvalue weighted by Gasteiger charge is -2.36. The van der Waals surface area contributed by atoms with Gasteiger partial charge in [0.1, 0.15) is 5.82 Å². The maximum atomic E-state index is 13.2. The van der Waals surface area contributed by atoms with E-state index in [1.807, 2.05) is 4.90 Å². The van der Waals surface area contributed by atoms with Crippen molar-refractivity contribution in [3.63, 3.8) is 0 Å².